The molecule has 0 atom stereocenters. The Morgan fingerprint density at radius 1 is 1.00 bits per heavy atom. The van der Waals surface area contributed by atoms with Gasteiger partial charge in [-0.05, 0) is 31.0 Å². The predicted octanol–water partition coefficient (Wildman–Crippen LogP) is 4.38. The van der Waals surface area contributed by atoms with Crippen LogP contribution in [0.1, 0.15) is 36.1 Å². The monoisotopic (exact) mass is 283 g/mol. The minimum absolute atomic E-state index is 0.470. The molecule has 2 aromatic carbocycles. The number of aryl methyl sites for hydroxylation is 2. The highest BCUT2D eigenvalue weighted by molar-refractivity contribution is 5.35. The summed E-state index contributed by atoms with van der Waals surface area (Å²) < 4.78 is 6.05. The van der Waals surface area contributed by atoms with E-state index in [0.717, 1.165) is 12.3 Å². The molecule has 0 spiro atoms. The van der Waals surface area contributed by atoms with Crippen LogP contribution in [0.5, 0.6) is 5.75 Å². The first-order valence-corrected chi connectivity index (χ1v) is 7.56. The summed E-state index contributed by atoms with van der Waals surface area (Å²) in [4.78, 5) is 0. The van der Waals surface area contributed by atoms with Crippen molar-refractivity contribution in [3.63, 3.8) is 0 Å². The molecule has 0 saturated carbocycles. The molecule has 21 heavy (non-hydrogen) atoms. The smallest absolute Gasteiger partial charge is 0.124 e. The number of hydrogen-bond acceptors (Lipinski definition) is 2. The third kappa shape index (κ3) is 4.61. The van der Waals surface area contributed by atoms with Crippen molar-refractivity contribution < 1.29 is 4.74 Å². The molecule has 0 bridgehead atoms. The molecular formula is C19H25NO. The Hall–Kier alpha value is -1.80. The van der Waals surface area contributed by atoms with Crippen LogP contribution in [0.2, 0.25) is 0 Å². The second-order valence-corrected chi connectivity index (χ2v) is 5.86. The Kier molecular flexibility index (Phi) is 5.40. The van der Waals surface area contributed by atoms with Gasteiger partial charge in [-0.1, -0.05) is 55.8 Å². The van der Waals surface area contributed by atoms with Gasteiger partial charge in [-0.2, -0.15) is 0 Å². The summed E-state index contributed by atoms with van der Waals surface area (Å²) in [5.41, 5.74) is 5.01. The molecule has 0 aromatic heterocycles. The average molecular weight is 283 g/mol. The van der Waals surface area contributed by atoms with Crippen molar-refractivity contribution in [1.82, 2.24) is 5.32 Å². The van der Waals surface area contributed by atoms with Crippen molar-refractivity contribution >= 4 is 0 Å². The van der Waals surface area contributed by atoms with Crippen molar-refractivity contribution in [1.29, 1.82) is 0 Å². The second kappa shape index (κ2) is 7.28. The predicted molar refractivity (Wildman–Crippen MR) is 88.7 cm³/mol. The molecule has 2 rings (SSSR count). The topological polar surface area (TPSA) is 21.3 Å². The molecule has 2 aromatic rings. The van der Waals surface area contributed by atoms with Gasteiger partial charge in [-0.15, -0.1) is 0 Å². The van der Waals surface area contributed by atoms with Gasteiger partial charge in [0.15, 0.2) is 0 Å². The van der Waals surface area contributed by atoms with E-state index in [9.17, 15) is 0 Å². The summed E-state index contributed by atoms with van der Waals surface area (Å²) in [7, 11) is 0. The number of benzene rings is 2. The van der Waals surface area contributed by atoms with Gasteiger partial charge >= 0.3 is 0 Å². The Morgan fingerprint density at radius 3 is 2.52 bits per heavy atom. The van der Waals surface area contributed by atoms with Crippen LogP contribution in [-0.4, -0.2) is 6.04 Å². The largest absolute Gasteiger partial charge is 0.489 e. The summed E-state index contributed by atoms with van der Waals surface area (Å²) in [6.07, 6.45) is 0. The maximum atomic E-state index is 6.05. The Balaban J connectivity index is 2.07. The summed E-state index contributed by atoms with van der Waals surface area (Å²) in [5, 5.41) is 3.44. The van der Waals surface area contributed by atoms with Crippen LogP contribution < -0.4 is 10.1 Å². The van der Waals surface area contributed by atoms with Crippen LogP contribution in [0.15, 0.2) is 42.5 Å². The van der Waals surface area contributed by atoms with Gasteiger partial charge in [0, 0.05) is 18.2 Å². The van der Waals surface area contributed by atoms with Crippen LogP contribution >= 0.6 is 0 Å². The molecule has 112 valence electrons. The lowest BCUT2D eigenvalue weighted by Gasteiger charge is -2.15. The fourth-order valence-electron chi connectivity index (χ4n) is 2.22. The summed E-state index contributed by atoms with van der Waals surface area (Å²) in [6.45, 7) is 10.00. The molecule has 0 aliphatic heterocycles. The van der Waals surface area contributed by atoms with Crippen LogP contribution in [0, 0.1) is 13.8 Å². The zero-order chi connectivity index (χ0) is 15.2. The molecule has 2 heteroatoms. The molecular weight excluding hydrogens is 258 g/mol. The number of rotatable bonds is 6. The van der Waals surface area contributed by atoms with Crippen molar-refractivity contribution in [2.45, 2.75) is 46.9 Å². The first-order valence-electron chi connectivity index (χ1n) is 7.56. The van der Waals surface area contributed by atoms with E-state index in [1.807, 2.05) is 12.1 Å². The zero-order valence-corrected chi connectivity index (χ0v) is 13.4. The van der Waals surface area contributed by atoms with E-state index in [1.54, 1.807) is 0 Å². The van der Waals surface area contributed by atoms with Gasteiger partial charge in [0.25, 0.3) is 0 Å². The summed E-state index contributed by atoms with van der Waals surface area (Å²) >= 11 is 0. The standard InChI is InChI=1S/C19H25NO/c1-14(2)20-12-17-7-5-6-8-19(17)21-13-18-11-15(3)9-10-16(18)4/h5-11,14,20H,12-13H2,1-4H3. The fraction of sp³-hybridized carbons (Fsp3) is 0.368. The SMILES string of the molecule is Cc1ccc(C)c(COc2ccccc2CNC(C)C)c1. The molecule has 0 aliphatic carbocycles. The highest BCUT2D eigenvalue weighted by Crippen LogP contribution is 2.20. The minimum atomic E-state index is 0.470. The molecule has 0 heterocycles. The number of nitrogens with one attached hydrogen (secondary N) is 1. The minimum Gasteiger partial charge on any atom is -0.489 e. The van der Waals surface area contributed by atoms with Crippen LogP contribution in [-0.2, 0) is 13.2 Å². The Labute approximate surface area is 128 Å². The van der Waals surface area contributed by atoms with Crippen molar-refractivity contribution in [2.24, 2.45) is 0 Å². The number of hydrogen-bond donors (Lipinski definition) is 1. The molecule has 0 saturated heterocycles. The number of ether oxygens (including phenoxy) is 1. The molecule has 0 aliphatic rings. The van der Waals surface area contributed by atoms with Crippen molar-refractivity contribution in [3.05, 3.63) is 64.7 Å². The highest BCUT2D eigenvalue weighted by Gasteiger charge is 2.05. The molecule has 0 unspecified atom stereocenters. The molecule has 0 amide bonds. The van der Waals surface area contributed by atoms with E-state index in [4.69, 9.17) is 4.74 Å². The Morgan fingerprint density at radius 2 is 1.76 bits per heavy atom. The first kappa shape index (κ1) is 15.6. The lowest BCUT2D eigenvalue weighted by atomic mass is 10.1. The molecule has 0 radical (unpaired) electrons. The van der Waals surface area contributed by atoms with Crippen LogP contribution in [0.4, 0.5) is 0 Å². The third-order valence-electron chi connectivity index (χ3n) is 3.56. The zero-order valence-electron chi connectivity index (χ0n) is 13.4. The van der Waals surface area contributed by atoms with Crippen LogP contribution in [0.25, 0.3) is 0 Å². The van der Waals surface area contributed by atoms with E-state index in [-0.39, 0.29) is 0 Å². The Bertz CT molecular complexity index is 590. The lowest BCUT2D eigenvalue weighted by Crippen LogP contribution is -2.22. The average Bonchev–Trinajstić information content (AvgIpc) is 2.47. The van der Waals surface area contributed by atoms with Gasteiger partial charge in [0.05, 0.1) is 0 Å². The number of para-hydroxylation sites is 1. The van der Waals surface area contributed by atoms with Gasteiger partial charge in [-0.25, -0.2) is 0 Å². The maximum Gasteiger partial charge on any atom is 0.124 e. The molecule has 2 nitrogen and oxygen atoms in total. The van der Waals surface area contributed by atoms with Gasteiger partial charge in [0.1, 0.15) is 12.4 Å². The summed E-state index contributed by atoms with van der Waals surface area (Å²) in [5.74, 6) is 0.964. The normalized spacial score (nSPS) is 10.9. The van der Waals surface area contributed by atoms with Gasteiger partial charge < -0.3 is 10.1 Å². The van der Waals surface area contributed by atoms with E-state index in [0.29, 0.717) is 12.6 Å². The second-order valence-electron chi connectivity index (χ2n) is 5.86. The van der Waals surface area contributed by atoms with Gasteiger partial charge in [-0.3, -0.25) is 0 Å². The third-order valence-corrected chi connectivity index (χ3v) is 3.56. The quantitative estimate of drug-likeness (QED) is 0.849. The van der Waals surface area contributed by atoms with Gasteiger partial charge in [0.2, 0.25) is 0 Å². The van der Waals surface area contributed by atoms with E-state index in [2.05, 4.69) is 63.3 Å². The fourth-order valence-corrected chi connectivity index (χ4v) is 2.22. The summed E-state index contributed by atoms with van der Waals surface area (Å²) in [6, 6.07) is 15.2. The van der Waals surface area contributed by atoms with E-state index in [1.165, 1.54) is 22.3 Å². The molecule has 0 fully saturated rings. The van der Waals surface area contributed by atoms with Crippen molar-refractivity contribution in [2.75, 3.05) is 0 Å². The maximum absolute atomic E-state index is 6.05. The highest BCUT2D eigenvalue weighted by atomic mass is 16.5. The molecule has 1 N–H and O–H groups in total. The van der Waals surface area contributed by atoms with E-state index >= 15 is 0 Å². The van der Waals surface area contributed by atoms with Crippen molar-refractivity contribution in [3.8, 4) is 5.75 Å². The van der Waals surface area contributed by atoms with E-state index < -0.39 is 0 Å². The lowest BCUT2D eigenvalue weighted by molar-refractivity contribution is 0.301. The first-order chi connectivity index (χ1) is 10.1. The van der Waals surface area contributed by atoms with Crippen LogP contribution in [0.3, 0.4) is 0 Å².